The second kappa shape index (κ2) is 26.4. The van der Waals surface area contributed by atoms with Crippen molar-refractivity contribution < 1.29 is 66.3 Å². The summed E-state index contributed by atoms with van der Waals surface area (Å²) in [7, 11) is -11.8. The van der Waals surface area contributed by atoms with Gasteiger partial charge in [0.05, 0.1) is 83.6 Å². The number of nitrogen functional groups attached to an aromatic ring is 4. The van der Waals surface area contributed by atoms with E-state index in [-0.39, 0.29) is 88.0 Å². The van der Waals surface area contributed by atoms with E-state index < -0.39 is 53.1 Å². The molecule has 36 heteroatoms. The predicted octanol–water partition coefficient (Wildman–Crippen LogP) is -0.500. The van der Waals surface area contributed by atoms with Crippen LogP contribution in [0, 0.1) is 0 Å². The van der Waals surface area contributed by atoms with Crippen LogP contribution in [0.25, 0.3) is 22.3 Å². The van der Waals surface area contributed by atoms with Crippen LogP contribution in [0.15, 0.2) is 59.4 Å². The first-order chi connectivity index (χ1) is 34.7. The third-order valence-corrected chi connectivity index (χ3v) is 13.8. The Kier molecular flexibility index (Phi) is 21.2. The van der Waals surface area contributed by atoms with Gasteiger partial charge in [0.1, 0.15) is 66.8 Å². The van der Waals surface area contributed by atoms with E-state index in [0.29, 0.717) is 47.8 Å². The van der Waals surface area contributed by atoms with Crippen LogP contribution in [0.3, 0.4) is 0 Å². The van der Waals surface area contributed by atoms with Gasteiger partial charge in [-0.05, 0) is 12.1 Å². The molecule has 6 aromatic heterocycles. The molecule has 0 radical (unpaired) electrons. The Morgan fingerprint density at radius 1 is 0.662 bits per heavy atom. The van der Waals surface area contributed by atoms with Gasteiger partial charge in [0.15, 0.2) is 22.9 Å². The smallest absolute Gasteiger partial charge is 0.349 e. The van der Waals surface area contributed by atoms with Crippen LogP contribution >= 0.6 is 29.5 Å². The van der Waals surface area contributed by atoms with Crippen molar-refractivity contribution >= 4 is 75.1 Å². The van der Waals surface area contributed by atoms with Crippen LogP contribution < -0.4 is 34.3 Å². The number of hydrogen-bond acceptors (Lipinski definition) is 26. The standard InChI is InChI=1S/C10H16N5O4P.C10H14N5O3P.C9H16N3O5P.C9H14N3O4P/c1-20(17,18)6-19-7(3-16)2-15-5-14-8-9(11)12-4-13-10(8)15;1-19(16)6-17-7(3-18-19)2-15-5-14-8-9(11)12-4-13-10(8)15;1-18(15,16)6-17-7(5-13)4-12-3-2-8(10)11-9(12)14;1-17(14)6-15-7(5-16-17)4-12-3-2-8(10)11-9(12)13/h4-5,7,16H,2-3,6H2,1H3,(H,17,18)(H2,11,12,13);4-5,7H,2-3,6H2,1H3,(H2,11,12,13);2-3,7,13H,4-6H2,1H3,(H,15,16)(H2,10,11,14);2-3,7H,4-6H2,1H3,(H2,10,11,13)/t7-;7-,19?;7-;7-,17?/m0000/s1. The van der Waals surface area contributed by atoms with Gasteiger partial charge >= 0.3 is 11.4 Å². The summed E-state index contributed by atoms with van der Waals surface area (Å²) in [6.45, 7) is 6.39. The van der Waals surface area contributed by atoms with Crippen molar-refractivity contribution in [3.05, 3.63) is 70.8 Å². The molecule has 0 aliphatic carbocycles. The SMILES string of the molecule is CP(=O)(O)CO[C@H](CO)Cn1ccc(N)nc1=O.CP(=O)(O)CO[C@H](CO)Cn1cnc2c(N)ncnc21.CP1(=O)CO[C@@H](Cn2ccc(N)nc2=O)CO1.CP1(=O)CO[C@@H](Cn2cnc3c(N)ncnc32)CO1. The molecular formula is C38H60N16O16P4. The van der Waals surface area contributed by atoms with Crippen LogP contribution in [0.4, 0.5) is 23.3 Å². The Balaban J connectivity index is 0.000000183. The zero-order chi connectivity index (χ0) is 54.4. The van der Waals surface area contributed by atoms with Crippen molar-refractivity contribution in [3.8, 4) is 0 Å². The van der Waals surface area contributed by atoms with Crippen molar-refractivity contribution in [2.24, 2.45) is 0 Å². The molecular weight excluding hydrogens is 1060 g/mol. The Hall–Kier alpha value is -5.42. The molecule has 2 saturated heterocycles. The minimum Gasteiger partial charge on any atom is -0.394 e. The van der Waals surface area contributed by atoms with E-state index in [2.05, 4.69) is 39.9 Å². The number of fused-ring (bicyclic) bond motifs is 2. The van der Waals surface area contributed by atoms with Gasteiger partial charge in [-0.25, -0.2) is 39.5 Å². The summed E-state index contributed by atoms with van der Waals surface area (Å²) in [5, 5.41) is 18.3. The predicted molar refractivity (Wildman–Crippen MR) is 269 cm³/mol. The Labute approximate surface area is 421 Å². The highest BCUT2D eigenvalue weighted by Crippen LogP contribution is 2.46. The minimum atomic E-state index is -3.31. The van der Waals surface area contributed by atoms with Gasteiger partial charge in [-0.3, -0.25) is 27.4 Å². The fourth-order valence-corrected chi connectivity index (χ4v) is 9.31. The van der Waals surface area contributed by atoms with E-state index in [1.165, 1.54) is 59.8 Å². The second-order valence-electron chi connectivity index (χ2n) is 17.0. The molecule has 2 aliphatic heterocycles. The zero-order valence-corrected chi connectivity index (χ0v) is 44.1. The number of nitrogens with two attached hydrogens (primary N) is 4. The molecule has 8 rings (SSSR count). The molecule has 12 N–H and O–H groups in total. The number of nitrogens with zero attached hydrogens (tertiary/aromatic N) is 12. The number of imidazole rings is 2. The van der Waals surface area contributed by atoms with E-state index in [0.717, 1.165) is 6.66 Å². The van der Waals surface area contributed by atoms with Gasteiger partial charge in [0.2, 0.25) is 29.5 Å². The van der Waals surface area contributed by atoms with Gasteiger partial charge < -0.3 is 80.1 Å². The third kappa shape index (κ3) is 19.1. The fourth-order valence-electron chi connectivity index (χ4n) is 6.26. The van der Waals surface area contributed by atoms with Crippen LogP contribution in [0.2, 0.25) is 0 Å². The number of anilines is 4. The lowest BCUT2D eigenvalue weighted by Gasteiger charge is -2.27. The molecule has 6 aromatic rings. The fraction of sp³-hybridized carbons (Fsp3) is 0.526. The van der Waals surface area contributed by atoms with Gasteiger partial charge in [-0.1, -0.05) is 0 Å². The molecule has 0 amide bonds. The minimum absolute atomic E-state index is 0.0304. The number of ether oxygens (including phenoxy) is 4. The topological polar surface area (TPSA) is 466 Å². The Morgan fingerprint density at radius 3 is 1.47 bits per heavy atom. The third-order valence-electron chi connectivity index (χ3n) is 9.92. The lowest BCUT2D eigenvalue weighted by atomic mass is 10.3. The van der Waals surface area contributed by atoms with Gasteiger partial charge in [0, 0.05) is 39.1 Å². The van der Waals surface area contributed by atoms with E-state index in [9.17, 15) is 37.8 Å². The van der Waals surface area contributed by atoms with Crippen molar-refractivity contribution in [2.75, 3.05) is 101 Å². The summed E-state index contributed by atoms with van der Waals surface area (Å²) < 4.78 is 83.1. The molecule has 74 heavy (non-hydrogen) atoms. The summed E-state index contributed by atoms with van der Waals surface area (Å²) in [6.07, 6.45) is 6.50. The zero-order valence-electron chi connectivity index (χ0n) is 40.6. The second-order valence-corrected chi connectivity index (χ2v) is 26.8. The molecule has 2 aliphatic rings. The first-order valence-electron chi connectivity index (χ1n) is 21.9. The van der Waals surface area contributed by atoms with E-state index >= 15 is 0 Å². The van der Waals surface area contributed by atoms with Crippen molar-refractivity contribution in [2.45, 2.75) is 50.6 Å². The molecule has 8 heterocycles. The van der Waals surface area contributed by atoms with Crippen LogP contribution in [-0.2, 0) is 72.4 Å². The number of aliphatic hydroxyl groups is 2. The number of aliphatic hydroxyl groups excluding tert-OH is 2. The highest BCUT2D eigenvalue weighted by Gasteiger charge is 2.29. The number of aromatic nitrogens is 12. The van der Waals surface area contributed by atoms with E-state index in [4.69, 9.17) is 60.9 Å². The van der Waals surface area contributed by atoms with Crippen molar-refractivity contribution in [3.63, 3.8) is 0 Å². The first-order valence-corrected chi connectivity index (χ1v) is 31.0. The van der Waals surface area contributed by atoms with Gasteiger partial charge in [-0.2, -0.15) is 9.97 Å². The maximum atomic E-state index is 11.6. The maximum absolute atomic E-state index is 11.6. The Bertz CT molecular complexity index is 3110. The molecule has 0 saturated carbocycles. The molecule has 8 atom stereocenters. The van der Waals surface area contributed by atoms with Crippen LogP contribution in [0.1, 0.15) is 0 Å². The molecule has 408 valence electrons. The number of hydrogen-bond donors (Lipinski definition) is 8. The van der Waals surface area contributed by atoms with E-state index in [1.54, 1.807) is 23.8 Å². The summed E-state index contributed by atoms with van der Waals surface area (Å²) >= 11 is 0. The summed E-state index contributed by atoms with van der Waals surface area (Å²) in [5.41, 5.74) is 23.3. The van der Waals surface area contributed by atoms with E-state index in [1.807, 2.05) is 4.57 Å². The summed E-state index contributed by atoms with van der Waals surface area (Å²) in [6, 6.07) is 2.97. The van der Waals surface area contributed by atoms with Crippen molar-refractivity contribution in [1.29, 1.82) is 0 Å². The highest BCUT2D eigenvalue weighted by molar-refractivity contribution is 7.58. The molecule has 2 fully saturated rings. The molecule has 0 aromatic carbocycles. The normalized spacial score (nSPS) is 22.1. The molecule has 32 nitrogen and oxygen atoms in total. The summed E-state index contributed by atoms with van der Waals surface area (Å²) in [5.74, 6) is 0.905. The molecule has 4 unspecified atom stereocenters. The Morgan fingerprint density at radius 2 is 1.07 bits per heavy atom. The lowest BCUT2D eigenvalue weighted by molar-refractivity contribution is 0.00381. The number of rotatable bonds is 16. The monoisotopic (exact) mass is 1120 g/mol. The highest BCUT2D eigenvalue weighted by atomic mass is 31.2. The van der Waals surface area contributed by atoms with Crippen molar-refractivity contribution in [1.82, 2.24) is 58.1 Å². The maximum Gasteiger partial charge on any atom is 0.349 e. The molecule has 0 bridgehead atoms. The average molecular weight is 1120 g/mol. The van der Waals surface area contributed by atoms with Crippen LogP contribution in [-0.4, -0.2) is 181 Å². The van der Waals surface area contributed by atoms with Crippen LogP contribution in [0.5, 0.6) is 0 Å². The first kappa shape index (κ1) is 59.5. The lowest BCUT2D eigenvalue weighted by Crippen LogP contribution is -2.34. The summed E-state index contributed by atoms with van der Waals surface area (Å²) in [4.78, 5) is 72.5. The molecule has 0 spiro atoms. The quantitative estimate of drug-likeness (QED) is 0.0566. The largest absolute Gasteiger partial charge is 0.394 e. The van der Waals surface area contributed by atoms with Gasteiger partial charge in [-0.15, -0.1) is 0 Å². The van der Waals surface area contributed by atoms with Gasteiger partial charge in [0.25, 0.3) is 0 Å². The average Bonchev–Trinajstić information content (AvgIpc) is 3.94.